The van der Waals surface area contributed by atoms with Crippen LogP contribution in [-0.2, 0) is 10.9 Å². The monoisotopic (exact) mass is 274 g/mol. The fraction of sp³-hybridized carbons (Fsp3) is 0.615. The van der Waals surface area contributed by atoms with Crippen LogP contribution in [0.1, 0.15) is 24.8 Å². The highest BCUT2D eigenvalue weighted by Gasteiger charge is 2.42. The number of rotatable bonds is 6. The summed E-state index contributed by atoms with van der Waals surface area (Å²) in [6.07, 6.45) is -0.0914. The first-order chi connectivity index (χ1) is 8.97. The molecule has 0 unspecified atom stereocenters. The lowest BCUT2D eigenvalue weighted by molar-refractivity contribution is -0.137. The molecule has 0 spiro atoms. The van der Waals surface area contributed by atoms with Gasteiger partial charge in [0.05, 0.1) is 5.56 Å². The molecule has 1 fully saturated rings. The average molecular weight is 274 g/mol. The van der Waals surface area contributed by atoms with Gasteiger partial charge < -0.3 is 10.1 Å². The predicted molar refractivity (Wildman–Crippen MR) is 65.9 cm³/mol. The molecule has 1 aromatic rings. The van der Waals surface area contributed by atoms with E-state index in [1.165, 1.54) is 12.3 Å². The predicted octanol–water partition coefficient (Wildman–Crippen LogP) is 3.33. The number of halogens is 3. The largest absolute Gasteiger partial charge is 0.419 e. The molecule has 0 amide bonds. The molecule has 0 aromatic carbocycles. The minimum atomic E-state index is -4.38. The van der Waals surface area contributed by atoms with Gasteiger partial charge in [0.1, 0.15) is 5.82 Å². The normalized spacial score (nSPS) is 17.3. The molecule has 3 nitrogen and oxygen atoms in total. The lowest BCUT2D eigenvalue weighted by atomic mass is 10.0. The maximum Gasteiger partial charge on any atom is 0.419 e. The first-order valence-corrected chi connectivity index (χ1v) is 6.22. The molecule has 2 rings (SSSR count). The molecule has 1 aliphatic rings. The van der Waals surface area contributed by atoms with E-state index in [-0.39, 0.29) is 11.2 Å². The standard InChI is InChI=1S/C13H17F3N2O/c1-19-8-6-12(4-5-12)9-18-11-10(13(14,15)16)3-2-7-17-11/h2-3,7H,4-6,8-9H2,1H3,(H,17,18). The van der Waals surface area contributed by atoms with Gasteiger partial charge in [-0.25, -0.2) is 4.98 Å². The Hall–Kier alpha value is -1.30. The Kier molecular flexibility index (Phi) is 3.99. The van der Waals surface area contributed by atoms with Crippen molar-refractivity contribution in [1.82, 2.24) is 4.98 Å². The fourth-order valence-corrected chi connectivity index (χ4v) is 2.06. The third-order valence-corrected chi connectivity index (χ3v) is 3.54. The van der Waals surface area contributed by atoms with Crippen LogP contribution in [0.4, 0.5) is 19.0 Å². The number of pyridine rings is 1. The van der Waals surface area contributed by atoms with Crippen LogP contribution in [0.15, 0.2) is 18.3 Å². The Morgan fingerprint density at radius 2 is 2.16 bits per heavy atom. The van der Waals surface area contributed by atoms with Crippen molar-refractivity contribution in [3.63, 3.8) is 0 Å². The summed E-state index contributed by atoms with van der Waals surface area (Å²) in [6.45, 7) is 1.15. The first kappa shape index (κ1) is 14.1. The van der Waals surface area contributed by atoms with E-state index < -0.39 is 11.7 Å². The van der Waals surface area contributed by atoms with E-state index in [0.29, 0.717) is 13.2 Å². The van der Waals surface area contributed by atoms with Crippen LogP contribution >= 0.6 is 0 Å². The van der Waals surface area contributed by atoms with Crippen LogP contribution in [0.5, 0.6) is 0 Å². The number of nitrogens with one attached hydrogen (secondary N) is 1. The Bertz CT molecular complexity index is 430. The van der Waals surface area contributed by atoms with Crippen LogP contribution in [0.3, 0.4) is 0 Å². The Morgan fingerprint density at radius 3 is 2.74 bits per heavy atom. The highest BCUT2D eigenvalue weighted by atomic mass is 19.4. The van der Waals surface area contributed by atoms with Crippen LogP contribution in [0.2, 0.25) is 0 Å². The van der Waals surface area contributed by atoms with E-state index in [9.17, 15) is 13.2 Å². The molecule has 1 saturated carbocycles. The first-order valence-electron chi connectivity index (χ1n) is 6.22. The summed E-state index contributed by atoms with van der Waals surface area (Å²) in [5.74, 6) is -0.0845. The number of methoxy groups -OCH3 is 1. The molecule has 0 aliphatic heterocycles. The molecule has 1 aliphatic carbocycles. The number of aromatic nitrogens is 1. The van der Waals surface area contributed by atoms with E-state index in [4.69, 9.17) is 4.74 Å². The highest BCUT2D eigenvalue weighted by molar-refractivity contribution is 5.45. The van der Waals surface area contributed by atoms with Gasteiger partial charge in [-0.05, 0) is 36.8 Å². The van der Waals surface area contributed by atoms with Crippen LogP contribution in [0, 0.1) is 5.41 Å². The minimum absolute atomic E-state index is 0.0798. The van der Waals surface area contributed by atoms with Crippen molar-refractivity contribution in [2.24, 2.45) is 5.41 Å². The second kappa shape index (κ2) is 5.36. The number of nitrogens with zero attached hydrogens (tertiary/aromatic N) is 1. The summed E-state index contributed by atoms with van der Waals surface area (Å²) in [7, 11) is 1.63. The topological polar surface area (TPSA) is 34.1 Å². The number of hydrogen-bond acceptors (Lipinski definition) is 3. The van der Waals surface area contributed by atoms with Crippen molar-refractivity contribution in [1.29, 1.82) is 0 Å². The van der Waals surface area contributed by atoms with Crippen LogP contribution in [0.25, 0.3) is 0 Å². The molecule has 0 atom stereocenters. The molecule has 1 aromatic heterocycles. The second-order valence-electron chi connectivity index (χ2n) is 4.99. The molecule has 19 heavy (non-hydrogen) atoms. The molecule has 1 heterocycles. The van der Waals surface area contributed by atoms with Crippen molar-refractivity contribution in [2.45, 2.75) is 25.4 Å². The summed E-state index contributed by atoms with van der Waals surface area (Å²) in [4.78, 5) is 3.79. The van der Waals surface area contributed by atoms with Crippen LogP contribution in [-0.4, -0.2) is 25.2 Å². The van der Waals surface area contributed by atoms with E-state index in [1.54, 1.807) is 7.11 Å². The lowest BCUT2D eigenvalue weighted by Crippen LogP contribution is -2.20. The molecule has 106 valence electrons. The quantitative estimate of drug-likeness (QED) is 0.864. The van der Waals surface area contributed by atoms with E-state index in [1.807, 2.05) is 0 Å². The molecule has 0 bridgehead atoms. The molecular formula is C13H17F3N2O. The summed E-state index contributed by atoms with van der Waals surface area (Å²) >= 11 is 0. The van der Waals surface area contributed by atoms with Gasteiger partial charge in [-0.1, -0.05) is 0 Å². The Labute approximate surface area is 110 Å². The third kappa shape index (κ3) is 3.59. The summed E-state index contributed by atoms with van der Waals surface area (Å²) in [5.41, 5.74) is -0.631. The smallest absolute Gasteiger partial charge is 0.385 e. The summed E-state index contributed by atoms with van der Waals surface area (Å²) in [5, 5.41) is 2.84. The maximum absolute atomic E-state index is 12.8. The van der Waals surface area contributed by atoms with Gasteiger partial charge in [0.25, 0.3) is 0 Å². The zero-order valence-corrected chi connectivity index (χ0v) is 10.8. The van der Waals surface area contributed by atoms with Gasteiger partial charge in [-0.15, -0.1) is 0 Å². The van der Waals surface area contributed by atoms with Crippen molar-refractivity contribution in [2.75, 3.05) is 25.6 Å². The van der Waals surface area contributed by atoms with Crippen molar-refractivity contribution < 1.29 is 17.9 Å². The Balaban J connectivity index is 2.00. The highest BCUT2D eigenvalue weighted by Crippen LogP contribution is 2.49. The fourth-order valence-electron chi connectivity index (χ4n) is 2.06. The SMILES string of the molecule is COCCC1(CNc2ncccc2C(F)(F)F)CC1. The zero-order valence-electron chi connectivity index (χ0n) is 10.8. The lowest BCUT2D eigenvalue weighted by Gasteiger charge is -2.18. The van der Waals surface area contributed by atoms with Gasteiger partial charge in [-0.3, -0.25) is 0 Å². The van der Waals surface area contributed by atoms with E-state index in [0.717, 1.165) is 25.3 Å². The zero-order chi connectivity index (χ0) is 13.9. The number of hydrogen-bond donors (Lipinski definition) is 1. The minimum Gasteiger partial charge on any atom is -0.385 e. The molecule has 1 N–H and O–H groups in total. The summed E-state index contributed by atoms with van der Waals surface area (Å²) < 4.78 is 43.4. The van der Waals surface area contributed by atoms with Crippen molar-refractivity contribution in [3.8, 4) is 0 Å². The van der Waals surface area contributed by atoms with Gasteiger partial charge in [0, 0.05) is 26.5 Å². The van der Waals surface area contributed by atoms with Crippen molar-refractivity contribution >= 4 is 5.82 Å². The molecule has 0 radical (unpaired) electrons. The van der Waals surface area contributed by atoms with Gasteiger partial charge in [0.15, 0.2) is 0 Å². The van der Waals surface area contributed by atoms with Crippen molar-refractivity contribution in [3.05, 3.63) is 23.9 Å². The molecular weight excluding hydrogens is 257 g/mol. The molecule has 0 saturated heterocycles. The second-order valence-corrected chi connectivity index (χ2v) is 4.99. The van der Waals surface area contributed by atoms with E-state index >= 15 is 0 Å². The number of ether oxygens (including phenoxy) is 1. The van der Waals surface area contributed by atoms with E-state index in [2.05, 4.69) is 10.3 Å². The summed E-state index contributed by atoms with van der Waals surface area (Å²) in [6, 6.07) is 2.34. The van der Waals surface area contributed by atoms with Gasteiger partial charge in [-0.2, -0.15) is 13.2 Å². The number of anilines is 1. The molecule has 6 heteroatoms. The van der Waals surface area contributed by atoms with Crippen LogP contribution < -0.4 is 5.32 Å². The average Bonchev–Trinajstić information content (AvgIpc) is 3.14. The van der Waals surface area contributed by atoms with Gasteiger partial charge >= 0.3 is 6.18 Å². The number of alkyl halides is 3. The Morgan fingerprint density at radius 1 is 1.42 bits per heavy atom. The maximum atomic E-state index is 12.8. The third-order valence-electron chi connectivity index (χ3n) is 3.54. The van der Waals surface area contributed by atoms with Gasteiger partial charge in [0.2, 0.25) is 0 Å².